The van der Waals surface area contributed by atoms with Gasteiger partial charge < -0.3 is 15.1 Å². The Kier molecular flexibility index (Phi) is 5.64. The third-order valence-electron chi connectivity index (χ3n) is 4.54. The summed E-state index contributed by atoms with van der Waals surface area (Å²) in [5, 5.41) is 2.98. The maximum Gasteiger partial charge on any atom is 0.322 e. The second-order valence-electron chi connectivity index (χ2n) is 6.56. The van der Waals surface area contributed by atoms with Gasteiger partial charge >= 0.3 is 6.03 Å². The molecule has 0 radical (unpaired) electrons. The molecule has 1 atom stereocenters. The zero-order valence-corrected chi connectivity index (χ0v) is 14.5. The van der Waals surface area contributed by atoms with Gasteiger partial charge in [-0.25, -0.2) is 4.79 Å². The highest BCUT2D eigenvalue weighted by Gasteiger charge is 2.28. The van der Waals surface area contributed by atoms with Gasteiger partial charge in [0.15, 0.2) is 0 Å². The first-order chi connectivity index (χ1) is 10.9. The van der Waals surface area contributed by atoms with E-state index in [0.717, 1.165) is 25.1 Å². The van der Waals surface area contributed by atoms with E-state index in [1.54, 1.807) is 11.9 Å². The van der Waals surface area contributed by atoms with Gasteiger partial charge in [-0.1, -0.05) is 19.9 Å². The van der Waals surface area contributed by atoms with Crippen LogP contribution in [0, 0.1) is 5.92 Å². The molecule has 0 bridgehead atoms. The van der Waals surface area contributed by atoms with Crippen LogP contribution < -0.4 is 10.2 Å². The van der Waals surface area contributed by atoms with Crippen molar-refractivity contribution in [3.8, 4) is 0 Å². The van der Waals surface area contributed by atoms with Crippen LogP contribution >= 0.6 is 0 Å². The number of amides is 3. The molecular weight excluding hydrogens is 290 g/mol. The van der Waals surface area contributed by atoms with Gasteiger partial charge in [0.1, 0.15) is 0 Å². The minimum absolute atomic E-state index is 0.0376. The number of hydrogen-bond donors (Lipinski definition) is 1. The van der Waals surface area contributed by atoms with E-state index in [9.17, 15) is 9.59 Å². The number of anilines is 2. The molecule has 3 amide bonds. The fourth-order valence-electron chi connectivity index (χ4n) is 3.07. The number of nitrogens with zero attached hydrogens (tertiary/aromatic N) is 2. The van der Waals surface area contributed by atoms with Crippen molar-refractivity contribution in [1.82, 2.24) is 4.90 Å². The lowest BCUT2D eigenvalue weighted by atomic mass is 9.93. The van der Waals surface area contributed by atoms with E-state index in [1.165, 1.54) is 13.3 Å². The van der Waals surface area contributed by atoms with Gasteiger partial charge in [0.25, 0.3) is 0 Å². The first-order valence-corrected chi connectivity index (χ1v) is 8.32. The molecule has 1 heterocycles. The minimum atomic E-state index is -0.0500. The van der Waals surface area contributed by atoms with Gasteiger partial charge in [0, 0.05) is 37.9 Å². The van der Waals surface area contributed by atoms with Gasteiger partial charge in [-0.05, 0) is 43.4 Å². The second kappa shape index (κ2) is 7.49. The molecule has 1 N–H and O–H groups in total. The van der Waals surface area contributed by atoms with Crippen molar-refractivity contribution in [3.05, 3.63) is 24.3 Å². The lowest BCUT2D eigenvalue weighted by Crippen LogP contribution is -2.48. The molecule has 0 spiro atoms. The number of carbonyl (C=O) groups excluding carboxylic acids is 2. The maximum absolute atomic E-state index is 12.6. The standard InChI is InChI=1S/C18H27N3O2/c1-13(2)17-10-5-6-11-21(17)18(23)19-15-8-7-9-16(12-15)20(4)14(3)22/h7-9,12-13,17H,5-6,10-11H2,1-4H3,(H,19,23)/t17-/m0/s1. The molecule has 1 aromatic rings. The van der Waals surface area contributed by atoms with Crippen molar-refractivity contribution in [2.45, 2.75) is 46.1 Å². The van der Waals surface area contributed by atoms with E-state index in [0.29, 0.717) is 17.6 Å². The molecule has 0 saturated carbocycles. The summed E-state index contributed by atoms with van der Waals surface area (Å²) < 4.78 is 0. The molecule has 1 aliphatic rings. The van der Waals surface area contributed by atoms with Crippen LogP contribution in [-0.4, -0.2) is 36.5 Å². The number of piperidine rings is 1. The summed E-state index contributed by atoms with van der Waals surface area (Å²) in [5.41, 5.74) is 1.49. The van der Waals surface area contributed by atoms with Crippen LogP contribution in [0.15, 0.2) is 24.3 Å². The smallest absolute Gasteiger partial charge is 0.321 e. The van der Waals surface area contributed by atoms with E-state index in [2.05, 4.69) is 19.2 Å². The number of urea groups is 1. The van der Waals surface area contributed by atoms with Gasteiger partial charge in [0.05, 0.1) is 0 Å². The van der Waals surface area contributed by atoms with Crippen molar-refractivity contribution in [2.24, 2.45) is 5.92 Å². The highest BCUT2D eigenvalue weighted by atomic mass is 16.2. The number of carbonyl (C=O) groups is 2. The summed E-state index contributed by atoms with van der Waals surface area (Å²) in [4.78, 5) is 27.6. The molecule has 1 aromatic carbocycles. The summed E-state index contributed by atoms with van der Waals surface area (Å²) >= 11 is 0. The molecule has 1 saturated heterocycles. The monoisotopic (exact) mass is 317 g/mol. The normalized spacial score (nSPS) is 18.0. The third-order valence-corrected chi connectivity index (χ3v) is 4.54. The lowest BCUT2D eigenvalue weighted by molar-refractivity contribution is -0.116. The quantitative estimate of drug-likeness (QED) is 0.924. The SMILES string of the molecule is CC(=O)N(C)c1cccc(NC(=O)N2CCCC[C@H]2C(C)C)c1. The fourth-order valence-corrected chi connectivity index (χ4v) is 3.07. The molecule has 1 aliphatic heterocycles. The predicted octanol–water partition coefficient (Wildman–Crippen LogP) is 3.71. The molecule has 1 fully saturated rings. The summed E-state index contributed by atoms with van der Waals surface area (Å²) in [5.74, 6) is 0.417. The van der Waals surface area contributed by atoms with Gasteiger partial charge in [-0.15, -0.1) is 0 Å². The van der Waals surface area contributed by atoms with Crippen molar-refractivity contribution in [2.75, 3.05) is 23.8 Å². The summed E-state index contributed by atoms with van der Waals surface area (Å²) in [6, 6.07) is 7.63. The van der Waals surface area contributed by atoms with Crippen LogP contribution in [0.4, 0.5) is 16.2 Å². The van der Waals surface area contributed by atoms with Crippen molar-refractivity contribution >= 4 is 23.3 Å². The van der Waals surface area contributed by atoms with Crippen LogP contribution in [0.1, 0.15) is 40.0 Å². The summed E-state index contributed by atoms with van der Waals surface area (Å²) in [7, 11) is 1.72. The zero-order chi connectivity index (χ0) is 17.0. The van der Waals surface area contributed by atoms with E-state index < -0.39 is 0 Å². The molecule has 5 heteroatoms. The van der Waals surface area contributed by atoms with E-state index >= 15 is 0 Å². The van der Waals surface area contributed by atoms with Crippen molar-refractivity contribution in [3.63, 3.8) is 0 Å². The largest absolute Gasteiger partial charge is 0.322 e. The first-order valence-electron chi connectivity index (χ1n) is 8.32. The predicted molar refractivity (Wildman–Crippen MR) is 93.7 cm³/mol. The number of likely N-dealkylation sites (tertiary alicyclic amines) is 1. The Morgan fingerprint density at radius 2 is 2.04 bits per heavy atom. The number of benzene rings is 1. The van der Waals surface area contributed by atoms with Crippen LogP contribution in [0.5, 0.6) is 0 Å². The Morgan fingerprint density at radius 1 is 1.30 bits per heavy atom. The minimum Gasteiger partial charge on any atom is -0.321 e. The number of rotatable bonds is 3. The van der Waals surface area contributed by atoms with Gasteiger partial charge in [-0.2, -0.15) is 0 Å². The zero-order valence-electron chi connectivity index (χ0n) is 14.5. The Bertz CT molecular complexity index is 571. The third kappa shape index (κ3) is 4.24. The van der Waals surface area contributed by atoms with Gasteiger partial charge in [-0.3, -0.25) is 4.79 Å². The topological polar surface area (TPSA) is 52.7 Å². The average molecular weight is 317 g/mol. The molecule has 0 unspecified atom stereocenters. The van der Waals surface area contributed by atoms with Crippen LogP contribution in [0.3, 0.4) is 0 Å². The van der Waals surface area contributed by atoms with E-state index in [1.807, 2.05) is 29.2 Å². The second-order valence-corrected chi connectivity index (χ2v) is 6.56. The Labute approximate surface area is 138 Å². The van der Waals surface area contributed by atoms with E-state index in [-0.39, 0.29) is 11.9 Å². The average Bonchev–Trinajstić information content (AvgIpc) is 2.54. The summed E-state index contributed by atoms with van der Waals surface area (Å²) in [6.07, 6.45) is 3.31. The first kappa shape index (κ1) is 17.3. The highest BCUT2D eigenvalue weighted by Crippen LogP contribution is 2.25. The van der Waals surface area contributed by atoms with Crippen molar-refractivity contribution in [1.29, 1.82) is 0 Å². The lowest BCUT2D eigenvalue weighted by Gasteiger charge is -2.38. The van der Waals surface area contributed by atoms with E-state index in [4.69, 9.17) is 0 Å². The molecule has 0 aromatic heterocycles. The Balaban J connectivity index is 2.10. The molecule has 0 aliphatic carbocycles. The number of hydrogen-bond acceptors (Lipinski definition) is 2. The maximum atomic E-state index is 12.6. The molecule has 126 valence electrons. The molecular formula is C18H27N3O2. The highest BCUT2D eigenvalue weighted by molar-refractivity contribution is 5.93. The Morgan fingerprint density at radius 3 is 2.70 bits per heavy atom. The molecule has 23 heavy (non-hydrogen) atoms. The fraction of sp³-hybridized carbons (Fsp3) is 0.556. The molecule has 5 nitrogen and oxygen atoms in total. The van der Waals surface area contributed by atoms with Crippen LogP contribution in [0.2, 0.25) is 0 Å². The van der Waals surface area contributed by atoms with Crippen molar-refractivity contribution < 1.29 is 9.59 Å². The van der Waals surface area contributed by atoms with Crippen LogP contribution in [-0.2, 0) is 4.79 Å². The summed E-state index contributed by atoms with van der Waals surface area (Å²) in [6.45, 7) is 6.66. The molecule has 2 rings (SSSR count). The van der Waals surface area contributed by atoms with Crippen LogP contribution in [0.25, 0.3) is 0 Å². The number of nitrogens with one attached hydrogen (secondary N) is 1. The Hall–Kier alpha value is -2.04. The van der Waals surface area contributed by atoms with Gasteiger partial charge in [0.2, 0.25) is 5.91 Å².